The van der Waals surface area contributed by atoms with Crippen LogP contribution >= 0.6 is 0 Å². The summed E-state index contributed by atoms with van der Waals surface area (Å²) in [5, 5.41) is 12.5. The van der Waals surface area contributed by atoms with Crippen LogP contribution in [0, 0.1) is 5.92 Å². The van der Waals surface area contributed by atoms with E-state index >= 15 is 0 Å². The van der Waals surface area contributed by atoms with E-state index in [1.54, 1.807) is 18.2 Å². The third-order valence-electron chi connectivity index (χ3n) is 3.50. The minimum Gasteiger partial charge on any atom is -0.508 e. The molecule has 0 aliphatic heterocycles. The van der Waals surface area contributed by atoms with Gasteiger partial charge < -0.3 is 15.2 Å². The summed E-state index contributed by atoms with van der Waals surface area (Å²) in [7, 11) is 0. The summed E-state index contributed by atoms with van der Waals surface area (Å²) in [6.07, 6.45) is 0.185. The molecule has 2 rings (SSSR count). The maximum absolute atomic E-state index is 11.9. The number of hydrogen-bond donors (Lipinski definition) is 2. The summed E-state index contributed by atoms with van der Waals surface area (Å²) >= 11 is 0. The topological polar surface area (TPSA) is 58.6 Å². The molecule has 1 atom stereocenters. The number of carbonyl (C=O) groups is 1. The van der Waals surface area contributed by atoms with Crippen LogP contribution in [0.1, 0.15) is 18.1 Å². The molecule has 0 fully saturated rings. The van der Waals surface area contributed by atoms with Crippen molar-refractivity contribution in [3.63, 3.8) is 0 Å². The van der Waals surface area contributed by atoms with E-state index in [-0.39, 0.29) is 24.0 Å². The number of amides is 1. The summed E-state index contributed by atoms with van der Waals surface area (Å²) in [6.45, 7) is 3.76. The maximum atomic E-state index is 11.9. The lowest BCUT2D eigenvalue weighted by molar-refractivity contribution is -0.120. The van der Waals surface area contributed by atoms with Gasteiger partial charge in [0.2, 0.25) is 5.91 Å². The van der Waals surface area contributed by atoms with E-state index in [2.05, 4.69) is 5.32 Å². The Kier molecular flexibility index (Phi) is 6.63. The first-order valence-corrected chi connectivity index (χ1v) is 7.80. The van der Waals surface area contributed by atoms with Crippen LogP contribution in [0.25, 0.3) is 0 Å². The first-order chi connectivity index (χ1) is 11.1. The monoisotopic (exact) mass is 313 g/mol. The number of nitrogens with one attached hydrogen (secondary N) is 1. The molecule has 0 radical (unpaired) electrons. The van der Waals surface area contributed by atoms with Crippen molar-refractivity contribution in [1.82, 2.24) is 5.32 Å². The first-order valence-electron chi connectivity index (χ1n) is 7.80. The van der Waals surface area contributed by atoms with Crippen molar-refractivity contribution in [3.8, 4) is 5.75 Å². The summed E-state index contributed by atoms with van der Waals surface area (Å²) in [4.78, 5) is 11.9. The SMILES string of the molecule is CC(CNC(=O)Cc1ccccc1O)COCc1ccccc1. The van der Waals surface area contributed by atoms with Crippen LogP contribution in [-0.2, 0) is 22.6 Å². The predicted molar refractivity (Wildman–Crippen MR) is 90.1 cm³/mol. The van der Waals surface area contributed by atoms with E-state index in [1.165, 1.54) is 0 Å². The molecule has 4 nitrogen and oxygen atoms in total. The Hall–Kier alpha value is -2.33. The number of phenols is 1. The summed E-state index contributed by atoms with van der Waals surface area (Å²) < 4.78 is 5.66. The normalized spacial score (nSPS) is 11.9. The van der Waals surface area contributed by atoms with E-state index in [0.29, 0.717) is 25.3 Å². The fourth-order valence-electron chi connectivity index (χ4n) is 2.19. The zero-order valence-corrected chi connectivity index (χ0v) is 13.4. The Morgan fingerprint density at radius 2 is 1.83 bits per heavy atom. The van der Waals surface area contributed by atoms with Gasteiger partial charge >= 0.3 is 0 Å². The minimum atomic E-state index is -0.0959. The van der Waals surface area contributed by atoms with Gasteiger partial charge in [-0.3, -0.25) is 4.79 Å². The molecule has 0 saturated carbocycles. The number of ether oxygens (including phenoxy) is 1. The molecule has 2 aromatic carbocycles. The van der Waals surface area contributed by atoms with Crippen molar-refractivity contribution in [1.29, 1.82) is 0 Å². The second kappa shape index (κ2) is 8.96. The highest BCUT2D eigenvalue weighted by Crippen LogP contribution is 2.15. The molecule has 0 heterocycles. The number of aromatic hydroxyl groups is 1. The smallest absolute Gasteiger partial charge is 0.224 e. The van der Waals surface area contributed by atoms with Crippen LogP contribution in [0.4, 0.5) is 0 Å². The van der Waals surface area contributed by atoms with Crippen LogP contribution in [0.2, 0.25) is 0 Å². The molecule has 1 unspecified atom stereocenters. The highest BCUT2D eigenvalue weighted by Gasteiger charge is 2.09. The lowest BCUT2D eigenvalue weighted by Gasteiger charge is -2.13. The van der Waals surface area contributed by atoms with Crippen LogP contribution in [0.15, 0.2) is 54.6 Å². The molecule has 2 N–H and O–H groups in total. The second-order valence-electron chi connectivity index (χ2n) is 5.72. The number of para-hydroxylation sites is 1. The van der Waals surface area contributed by atoms with Crippen molar-refractivity contribution in [2.45, 2.75) is 20.0 Å². The lowest BCUT2D eigenvalue weighted by atomic mass is 10.1. The molecule has 2 aromatic rings. The van der Waals surface area contributed by atoms with Gasteiger partial charge in [-0.05, 0) is 17.5 Å². The average molecular weight is 313 g/mol. The molecule has 4 heteroatoms. The number of hydrogen-bond acceptors (Lipinski definition) is 3. The summed E-state index contributed by atoms with van der Waals surface area (Å²) in [6, 6.07) is 16.9. The van der Waals surface area contributed by atoms with Gasteiger partial charge in [0.15, 0.2) is 0 Å². The van der Waals surface area contributed by atoms with Gasteiger partial charge in [-0.15, -0.1) is 0 Å². The summed E-state index contributed by atoms with van der Waals surface area (Å²) in [5.74, 6) is 0.287. The van der Waals surface area contributed by atoms with E-state index in [1.807, 2.05) is 43.3 Å². The second-order valence-corrected chi connectivity index (χ2v) is 5.72. The molecule has 0 spiro atoms. The van der Waals surface area contributed by atoms with Crippen molar-refractivity contribution in [2.75, 3.05) is 13.2 Å². The fraction of sp³-hybridized carbons (Fsp3) is 0.316. The standard InChI is InChI=1S/C19H23NO3/c1-15(13-23-14-16-7-3-2-4-8-16)12-20-19(22)11-17-9-5-6-10-18(17)21/h2-10,15,21H,11-14H2,1H3,(H,20,22). The van der Waals surface area contributed by atoms with Crippen molar-refractivity contribution >= 4 is 5.91 Å². The van der Waals surface area contributed by atoms with Crippen LogP contribution in [0.5, 0.6) is 5.75 Å². The molecular formula is C19H23NO3. The van der Waals surface area contributed by atoms with Gasteiger partial charge in [0.05, 0.1) is 19.6 Å². The minimum absolute atomic E-state index is 0.0959. The third-order valence-corrected chi connectivity index (χ3v) is 3.50. The predicted octanol–water partition coefficient (Wildman–Crippen LogP) is 2.90. The average Bonchev–Trinajstić information content (AvgIpc) is 2.56. The number of rotatable bonds is 8. The Balaban J connectivity index is 1.65. The Morgan fingerprint density at radius 1 is 1.13 bits per heavy atom. The van der Waals surface area contributed by atoms with Gasteiger partial charge in [0.1, 0.15) is 5.75 Å². The molecule has 23 heavy (non-hydrogen) atoms. The molecule has 0 aliphatic rings. The zero-order valence-electron chi connectivity index (χ0n) is 13.4. The van der Waals surface area contributed by atoms with Crippen LogP contribution in [-0.4, -0.2) is 24.2 Å². The van der Waals surface area contributed by atoms with Gasteiger partial charge in [0.25, 0.3) is 0 Å². The Labute approximate surface area is 137 Å². The van der Waals surface area contributed by atoms with Crippen molar-refractivity contribution < 1.29 is 14.6 Å². The van der Waals surface area contributed by atoms with Gasteiger partial charge in [-0.2, -0.15) is 0 Å². The van der Waals surface area contributed by atoms with E-state index in [9.17, 15) is 9.90 Å². The Bertz CT molecular complexity index is 613. The number of benzene rings is 2. The third kappa shape index (κ3) is 6.12. The molecular weight excluding hydrogens is 290 g/mol. The van der Waals surface area contributed by atoms with E-state index in [4.69, 9.17) is 4.74 Å². The Morgan fingerprint density at radius 3 is 2.57 bits per heavy atom. The van der Waals surface area contributed by atoms with Crippen LogP contribution < -0.4 is 5.32 Å². The van der Waals surface area contributed by atoms with Crippen molar-refractivity contribution in [2.24, 2.45) is 5.92 Å². The first kappa shape index (κ1) is 17.0. The zero-order chi connectivity index (χ0) is 16.5. The lowest BCUT2D eigenvalue weighted by Crippen LogP contribution is -2.31. The largest absolute Gasteiger partial charge is 0.508 e. The molecule has 0 saturated heterocycles. The molecule has 0 aliphatic carbocycles. The highest BCUT2D eigenvalue weighted by molar-refractivity contribution is 5.79. The maximum Gasteiger partial charge on any atom is 0.224 e. The van der Waals surface area contributed by atoms with E-state index in [0.717, 1.165) is 5.56 Å². The quantitative estimate of drug-likeness (QED) is 0.788. The molecule has 122 valence electrons. The van der Waals surface area contributed by atoms with E-state index < -0.39 is 0 Å². The molecule has 0 aromatic heterocycles. The van der Waals surface area contributed by atoms with Crippen molar-refractivity contribution in [3.05, 3.63) is 65.7 Å². The number of carbonyl (C=O) groups excluding carboxylic acids is 1. The molecule has 0 bridgehead atoms. The van der Waals surface area contributed by atoms with Gasteiger partial charge in [-0.1, -0.05) is 55.5 Å². The fourth-order valence-corrected chi connectivity index (χ4v) is 2.19. The summed E-state index contributed by atoms with van der Waals surface area (Å²) in [5.41, 5.74) is 1.78. The number of phenolic OH excluding ortho intramolecular Hbond substituents is 1. The van der Waals surface area contributed by atoms with Crippen LogP contribution in [0.3, 0.4) is 0 Å². The van der Waals surface area contributed by atoms with Gasteiger partial charge in [0, 0.05) is 12.1 Å². The molecule has 1 amide bonds. The highest BCUT2D eigenvalue weighted by atomic mass is 16.5. The van der Waals surface area contributed by atoms with Gasteiger partial charge in [-0.25, -0.2) is 0 Å².